The molecule has 0 spiro atoms. The lowest BCUT2D eigenvalue weighted by Crippen LogP contribution is -2.20. The Kier molecular flexibility index (Phi) is 5.21. The summed E-state index contributed by atoms with van der Waals surface area (Å²) >= 11 is 0. The van der Waals surface area contributed by atoms with Crippen molar-refractivity contribution in [1.29, 1.82) is 0 Å². The van der Waals surface area contributed by atoms with E-state index < -0.39 is 15.9 Å². The van der Waals surface area contributed by atoms with Gasteiger partial charge >= 0.3 is 0 Å². The Bertz CT molecular complexity index is 714. The quantitative estimate of drug-likeness (QED) is 0.859. The number of hydrogen-bond acceptors (Lipinski definition) is 4. The van der Waals surface area contributed by atoms with Crippen molar-refractivity contribution in [3.63, 3.8) is 0 Å². The summed E-state index contributed by atoms with van der Waals surface area (Å²) in [5.74, 6) is 0. The van der Waals surface area contributed by atoms with E-state index in [4.69, 9.17) is 0 Å². The van der Waals surface area contributed by atoms with Crippen LogP contribution in [0.15, 0.2) is 59.5 Å². The fourth-order valence-electron chi connectivity index (χ4n) is 2.38. The van der Waals surface area contributed by atoms with Gasteiger partial charge in [-0.1, -0.05) is 42.5 Å². The standard InChI is InChI=1S/C17H21NO3S/c1-13(12-16(19)14-8-4-3-5-9-14)18-15-10-6-7-11-17(15)22(2,20)21/h3-11,13,16,18-19H,12H2,1-2H3/t13-,16+/m0/s1. The van der Waals surface area contributed by atoms with Crippen LogP contribution in [0, 0.1) is 0 Å². The normalized spacial score (nSPS) is 14.3. The van der Waals surface area contributed by atoms with Gasteiger partial charge in [0.25, 0.3) is 0 Å². The molecule has 22 heavy (non-hydrogen) atoms. The van der Waals surface area contributed by atoms with Gasteiger partial charge in [-0.25, -0.2) is 8.42 Å². The van der Waals surface area contributed by atoms with Crippen LogP contribution < -0.4 is 5.32 Å². The van der Waals surface area contributed by atoms with Crippen molar-refractivity contribution in [3.8, 4) is 0 Å². The maximum atomic E-state index is 11.8. The van der Waals surface area contributed by atoms with Gasteiger partial charge in [0, 0.05) is 12.3 Å². The second-order valence-corrected chi connectivity index (χ2v) is 7.46. The minimum atomic E-state index is -3.28. The van der Waals surface area contributed by atoms with Crippen LogP contribution in [0.1, 0.15) is 25.0 Å². The summed E-state index contributed by atoms with van der Waals surface area (Å²) in [5.41, 5.74) is 1.42. The summed E-state index contributed by atoms with van der Waals surface area (Å²) in [5, 5.41) is 13.4. The van der Waals surface area contributed by atoms with Gasteiger partial charge in [0.2, 0.25) is 0 Å². The van der Waals surface area contributed by atoms with E-state index in [0.717, 1.165) is 5.56 Å². The predicted octanol–water partition coefficient (Wildman–Crippen LogP) is 3.01. The molecule has 0 aromatic heterocycles. The first-order valence-electron chi connectivity index (χ1n) is 7.16. The molecule has 2 atom stereocenters. The first-order chi connectivity index (χ1) is 10.4. The molecule has 0 amide bonds. The fraction of sp³-hybridized carbons (Fsp3) is 0.294. The third kappa shape index (κ3) is 4.32. The highest BCUT2D eigenvalue weighted by Crippen LogP contribution is 2.24. The molecule has 2 aromatic rings. The maximum absolute atomic E-state index is 11.8. The highest BCUT2D eigenvalue weighted by molar-refractivity contribution is 7.90. The molecule has 0 aliphatic rings. The molecule has 0 aliphatic carbocycles. The third-order valence-corrected chi connectivity index (χ3v) is 4.60. The van der Waals surface area contributed by atoms with Crippen LogP contribution in [0.3, 0.4) is 0 Å². The fourth-order valence-corrected chi connectivity index (χ4v) is 3.23. The van der Waals surface area contributed by atoms with Crippen molar-refractivity contribution >= 4 is 15.5 Å². The molecule has 0 bridgehead atoms. The number of rotatable bonds is 6. The van der Waals surface area contributed by atoms with Gasteiger partial charge in [0.1, 0.15) is 0 Å². The van der Waals surface area contributed by atoms with Gasteiger partial charge in [0.15, 0.2) is 9.84 Å². The molecule has 0 unspecified atom stereocenters. The van der Waals surface area contributed by atoms with E-state index in [0.29, 0.717) is 12.1 Å². The number of benzene rings is 2. The minimum Gasteiger partial charge on any atom is -0.388 e. The number of anilines is 1. The van der Waals surface area contributed by atoms with Gasteiger partial charge in [-0.05, 0) is 31.0 Å². The van der Waals surface area contributed by atoms with Crippen LogP contribution >= 0.6 is 0 Å². The summed E-state index contributed by atoms with van der Waals surface area (Å²) in [6.45, 7) is 1.92. The van der Waals surface area contributed by atoms with E-state index in [1.165, 1.54) is 6.26 Å². The second-order valence-electron chi connectivity index (χ2n) is 5.48. The van der Waals surface area contributed by atoms with E-state index in [-0.39, 0.29) is 10.9 Å². The van der Waals surface area contributed by atoms with Crippen molar-refractivity contribution in [3.05, 3.63) is 60.2 Å². The average Bonchev–Trinajstić information content (AvgIpc) is 2.47. The Balaban J connectivity index is 2.09. The Morgan fingerprint density at radius 2 is 1.64 bits per heavy atom. The second kappa shape index (κ2) is 6.94. The first kappa shape index (κ1) is 16.5. The van der Waals surface area contributed by atoms with Gasteiger partial charge in [0.05, 0.1) is 16.7 Å². The van der Waals surface area contributed by atoms with Crippen LogP contribution in [0.2, 0.25) is 0 Å². The van der Waals surface area contributed by atoms with E-state index in [2.05, 4.69) is 5.32 Å². The van der Waals surface area contributed by atoms with E-state index >= 15 is 0 Å². The third-order valence-electron chi connectivity index (χ3n) is 3.45. The van der Waals surface area contributed by atoms with Crippen LogP contribution in [-0.2, 0) is 9.84 Å². The molecule has 2 N–H and O–H groups in total. The van der Waals surface area contributed by atoms with E-state index in [1.54, 1.807) is 24.3 Å². The molecule has 2 aromatic carbocycles. The van der Waals surface area contributed by atoms with Crippen LogP contribution in [-0.4, -0.2) is 25.8 Å². The molecule has 0 radical (unpaired) electrons. The van der Waals surface area contributed by atoms with Gasteiger partial charge in [-0.2, -0.15) is 0 Å². The summed E-state index contributed by atoms with van der Waals surface area (Å²) in [6.07, 6.45) is 1.09. The lowest BCUT2D eigenvalue weighted by Gasteiger charge is -2.20. The number of nitrogens with one attached hydrogen (secondary N) is 1. The number of hydrogen-bond donors (Lipinski definition) is 2. The topological polar surface area (TPSA) is 66.4 Å². The smallest absolute Gasteiger partial charge is 0.177 e. The van der Waals surface area contributed by atoms with Crippen molar-refractivity contribution in [2.45, 2.75) is 30.4 Å². The Morgan fingerprint density at radius 1 is 1.05 bits per heavy atom. The molecule has 0 saturated heterocycles. The zero-order valence-corrected chi connectivity index (χ0v) is 13.5. The molecule has 0 saturated carbocycles. The van der Waals surface area contributed by atoms with Crippen LogP contribution in [0.25, 0.3) is 0 Å². The molecular formula is C17H21NO3S. The van der Waals surface area contributed by atoms with Crippen LogP contribution in [0.4, 0.5) is 5.69 Å². The van der Waals surface area contributed by atoms with Gasteiger partial charge in [-0.3, -0.25) is 0 Å². The predicted molar refractivity (Wildman–Crippen MR) is 88.7 cm³/mol. The number of aliphatic hydroxyl groups excluding tert-OH is 1. The van der Waals surface area contributed by atoms with E-state index in [9.17, 15) is 13.5 Å². The molecule has 0 heterocycles. The Hall–Kier alpha value is -1.85. The highest BCUT2D eigenvalue weighted by Gasteiger charge is 2.16. The van der Waals surface area contributed by atoms with Crippen molar-refractivity contribution in [2.24, 2.45) is 0 Å². The zero-order chi connectivity index (χ0) is 16.2. The number of aliphatic hydroxyl groups is 1. The molecule has 118 valence electrons. The summed E-state index contributed by atoms with van der Waals surface area (Å²) in [6, 6.07) is 16.2. The van der Waals surface area contributed by atoms with Gasteiger partial charge in [-0.15, -0.1) is 0 Å². The summed E-state index contributed by atoms with van der Waals surface area (Å²) < 4.78 is 23.6. The van der Waals surface area contributed by atoms with Crippen molar-refractivity contribution < 1.29 is 13.5 Å². The largest absolute Gasteiger partial charge is 0.388 e. The summed E-state index contributed by atoms with van der Waals surface area (Å²) in [4.78, 5) is 0.274. The van der Waals surface area contributed by atoms with Crippen molar-refractivity contribution in [2.75, 3.05) is 11.6 Å². The average molecular weight is 319 g/mol. The monoisotopic (exact) mass is 319 g/mol. The SMILES string of the molecule is C[C@@H](C[C@@H](O)c1ccccc1)Nc1ccccc1S(C)(=O)=O. The maximum Gasteiger partial charge on any atom is 0.177 e. The Morgan fingerprint density at radius 3 is 2.27 bits per heavy atom. The molecule has 5 heteroatoms. The van der Waals surface area contributed by atoms with E-state index in [1.807, 2.05) is 37.3 Å². The lowest BCUT2D eigenvalue weighted by atomic mass is 10.0. The lowest BCUT2D eigenvalue weighted by molar-refractivity contribution is 0.162. The molecule has 0 fully saturated rings. The molecular weight excluding hydrogens is 298 g/mol. The minimum absolute atomic E-state index is 0.0712. The summed E-state index contributed by atoms with van der Waals surface area (Å²) in [7, 11) is -3.28. The molecule has 0 aliphatic heterocycles. The van der Waals surface area contributed by atoms with Crippen molar-refractivity contribution in [1.82, 2.24) is 0 Å². The van der Waals surface area contributed by atoms with Crippen LogP contribution in [0.5, 0.6) is 0 Å². The highest BCUT2D eigenvalue weighted by atomic mass is 32.2. The number of sulfone groups is 1. The van der Waals surface area contributed by atoms with Gasteiger partial charge < -0.3 is 10.4 Å². The zero-order valence-electron chi connectivity index (χ0n) is 12.7. The molecule has 4 nitrogen and oxygen atoms in total. The molecule has 2 rings (SSSR count). The Labute approximate surface area is 131 Å². The number of para-hydroxylation sites is 1. The first-order valence-corrected chi connectivity index (χ1v) is 9.05.